The highest BCUT2D eigenvalue weighted by atomic mass is 79.9. The number of methoxy groups -OCH3 is 1. The minimum absolute atomic E-state index is 0.0506. The van der Waals surface area contributed by atoms with E-state index in [2.05, 4.69) is 15.9 Å². The highest BCUT2D eigenvalue weighted by molar-refractivity contribution is 9.11. The van der Waals surface area contributed by atoms with E-state index >= 15 is 0 Å². The van der Waals surface area contributed by atoms with Gasteiger partial charge in [0.1, 0.15) is 10.8 Å². The second-order valence-electron chi connectivity index (χ2n) is 5.98. The van der Waals surface area contributed by atoms with Gasteiger partial charge in [-0.1, -0.05) is 30.3 Å². The lowest BCUT2D eigenvalue weighted by Gasteiger charge is -2.16. The zero-order chi connectivity index (χ0) is 21.2. The van der Waals surface area contributed by atoms with Gasteiger partial charge in [-0.25, -0.2) is 0 Å². The smallest absolute Gasteiger partial charge is 0.295 e. The third kappa shape index (κ3) is 4.30. The fourth-order valence-corrected chi connectivity index (χ4v) is 5.35. The highest BCUT2D eigenvalue weighted by Gasteiger charge is 2.33. The summed E-state index contributed by atoms with van der Waals surface area (Å²) in [6, 6.07) is 14.6. The van der Waals surface area contributed by atoms with Crippen LogP contribution in [0.1, 0.15) is 21.5 Å². The van der Waals surface area contributed by atoms with E-state index in [1.807, 2.05) is 30.3 Å². The lowest BCUT2D eigenvalue weighted by atomic mass is 10.0. The Morgan fingerprint density at radius 1 is 1.17 bits per heavy atom. The van der Waals surface area contributed by atoms with Crippen LogP contribution in [0.15, 0.2) is 63.3 Å². The number of hydrogen-bond donors (Lipinski definition) is 2. The molecule has 0 spiro atoms. The van der Waals surface area contributed by atoms with Gasteiger partial charge in [-0.3, -0.25) is 10.0 Å². The van der Waals surface area contributed by atoms with Gasteiger partial charge < -0.3 is 10.5 Å². The number of hydrogen-bond acceptors (Lipinski definition) is 7. The average Bonchev–Trinajstić information content (AvgIpc) is 3.00. The summed E-state index contributed by atoms with van der Waals surface area (Å²) in [5, 5.41) is 10.4. The Morgan fingerprint density at radius 2 is 1.79 bits per heavy atom. The van der Waals surface area contributed by atoms with Crippen LogP contribution in [0.2, 0.25) is 0 Å². The van der Waals surface area contributed by atoms with Crippen molar-refractivity contribution in [3.63, 3.8) is 0 Å². The van der Waals surface area contributed by atoms with Crippen LogP contribution in [0.4, 0.5) is 5.00 Å². The zero-order valence-electron chi connectivity index (χ0n) is 15.2. The summed E-state index contributed by atoms with van der Waals surface area (Å²) in [7, 11) is -3.05. The van der Waals surface area contributed by atoms with Gasteiger partial charge in [-0.2, -0.15) is 8.42 Å². The number of amides is 1. The molecule has 1 heterocycles. The molecular weight excluding hydrogens is 480 g/mol. The SMILES string of the molecule is COc1ccc(S(=O)(=O)N(O)C(=O)c2c(N)sc(Br)c2Cc2ccccc2)cc1. The molecule has 3 rings (SSSR count). The standard InChI is InChI=1S/C19H17BrN2O5S2/c1-27-13-7-9-14(10-8-13)29(25,26)22(24)19(23)16-15(17(20)28-18(16)21)11-12-5-3-2-4-6-12/h2-10,24H,11,21H2,1H3. The van der Waals surface area contributed by atoms with Crippen LogP contribution >= 0.6 is 27.3 Å². The van der Waals surface area contributed by atoms with Crippen molar-refractivity contribution in [3.8, 4) is 5.75 Å². The van der Waals surface area contributed by atoms with Crippen LogP contribution in [0.3, 0.4) is 0 Å². The second-order valence-corrected chi connectivity index (χ2v) is 10.1. The monoisotopic (exact) mass is 496 g/mol. The van der Waals surface area contributed by atoms with Crippen LogP contribution in [-0.2, 0) is 16.4 Å². The van der Waals surface area contributed by atoms with Crippen molar-refractivity contribution in [2.75, 3.05) is 12.8 Å². The van der Waals surface area contributed by atoms with Gasteiger partial charge in [0.05, 0.1) is 21.4 Å². The first-order valence-electron chi connectivity index (χ1n) is 8.29. The largest absolute Gasteiger partial charge is 0.497 e. The number of rotatable bonds is 6. The van der Waals surface area contributed by atoms with Crippen molar-refractivity contribution in [1.82, 2.24) is 4.47 Å². The lowest BCUT2D eigenvalue weighted by molar-refractivity contribution is 0.00795. The molecule has 0 radical (unpaired) electrons. The Labute approximate surface area is 180 Å². The Kier molecular flexibility index (Phi) is 6.27. The Morgan fingerprint density at radius 3 is 2.38 bits per heavy atom. The molecule has 10 heteroatoms. The Bertz CT molecular complexity index is 1130. The first-order chi connectivity index (χ1) is 13.8. The van der Waals surface area contributed by atoms with E-state index in [-0.39, 0.29) is 19.9 Å². The number of halogens is 1. The topological polar surface area (TPSA) is 110 Å². The number of sulfonamides is 1. The van der Waals surface area contributed by atoms with Crippen LogP contribution < -0.4 is 10.5 Å². The van der Waals surface area contributed by atoms with E-state index in [0.717, 1.165) is 16.9 Å². The molecule has 0 saturated carbocycles. The summed E-state index contributed by atoms with van der Waals surface area (Å²) >= 11 is 4.47. The van der Waals surface area contributed by atoms with E-state index < -0.39 is 15.9 Å². The third-order valence-corrected chi connectivity index (χ3v) is 7.48. The van der Waals surface area contributed by atoms with Gasteiger partial charge in [0.2, 0.25) is 0 Å². The summed E-state index contributed by atoms with van der Waals surface area (Å²) < 4.78 is 30.7. The van der Waals surface area contributed by atoms with Crippen LogP contribution in [0.5, 0.6) is 5.75 Å². The van der Waals surface area contributed by atoms with E-state index in [1.165, 1.54) is 31.4 Å². The molecule has 0 aliphatic rings. The average molecular weight is 497 g/mol. The minimum Gasteiger partial charge on any atom is -0.497 e. The number of nitrogens with zero attached hydrogens (tertiary/aromatic N) is 1. The number of anilines is 1. The maximum absolute atomic E-state index is 12.9. The fraction of sp³-hybridized carbons (Fsp3) is 0.105. The number of nitrogens with two attached hydrogens (primary N) is 1. The van der Waals surface area contributed by atoms with E-state index in [0.29, 0.717) is 21.5 Å². The van der Waals surface area contributed by atoms with Crippen LogP contribution in [0, 0.1) is 0 Å². The molecule has 7 nitrogen and oxygen atoms in total. The molecule has 0 unspecified atom stereocenters. The first kappa shape index (κ1) is 21.3. The molecule has 0 fully saturated rings. The number of hydroxylamine groups is 1. The molecule has 1 amide bonds. The maximum atomic E-state index is 12.9. The van der Waals surface area contributed by atoms with Gasteiger partial charge in [-0.05, 0) is 51.3 Å². The van der Waals surface area contributed by atoms with Crippen LogP contribution in [-0.4, -0.2) is 31.1 Å². The van der Waals surface area contributed by atoms with Crippen molar-refractivity contribution in [3.05, 3.63) is 75.1 Å². The van der Waals surface area contributed by atoms with Crippen molar-refractivity contribution < 1.29 is 23.2 Å². The maximum Gasteiger partial charge on any atom is 0.295 e. The minimum atomic E-state index is -4.49. The lowest BCUT2D eigenvalue weighted by Crippen LogP contribution is -2.34. The number of benzene rings is 2. The molecule has 0 aliphatic heterocycles. The second kappa shape index (κ2) is 8.54. The molecule has 0 saturated heterocycles. The normalized spacial score (nSPS) is 11.3. The quantitative estimate of drug-likeness (QED) is 0.395. The van der Waals surface area contributed by atoms with Gasteiger partial charge in [0.15, 0.2) is 0 Å². The zero-order valence-corrected chi connectivity index (χ0v) is 18.4. The molecule has 0 bridgehead atoms. The van der Waals surface area contributed by atoms with E-state index in [9.17, 15) is 18.4 Å². The van der Waals surface area contributed by atoms with Gasteiger partial charge in [0.25, 0.3) is 15.9 Å². The molecule has 2 aromatic carbocycles. The molecule has 0 aliphatic carbocycles. The summed E-state index contributed by atoms with van der Waals surface area (Å²) in [6.07, 6.45) is 0.340. The highest BCUT2D eigenvalue weighted by Crippen LogP contribution is 2.38. The summed E-state index contributed by atoms with van der Waals surface area (Å²) in [4.78, 5) is 12.7. The fourth-order valence-electron chi connectivity index (χ4n) is 2.70. The van der Waals surface area contributed by atoms with Crippen molar-refractivity contribution in [1.29, 1.82) is 0 Å². The van der Waals surface area contributed by atoms with Crippen LogP contribution in [0.25, 0.3) is 0 Å². The van der Waals surface area contributed by atoms with E-state index in [4.69, 9.17) is 10.5 Å². The third-order valence-electron chi connectivity index (χ3n) is 4.18. The molecule has 1 aromatic heterocycles. The number of ether oxygens (including phenoxy) is 1. The predicted molar refractivity (Wildman–Crippen MR) is 114 cm³/mol. The van der Waals surface area contributed by atoms with Gasteiger partial charge in [0, 0.05) is 6.42 Å². The summed E-state index contributed by atoms with van der Waals surface area (Å²) in [5.74, 6) is -0.679. The molecular formula is C19H17BrN2O5S2. The number of nitrogen functional groups attached to an aromatic ring is 1. The van der Waals surface area contributed by atoms with Gasteiger partial charge >= 0.3 is 0 Å². The Hall–Kier alpha value is -2.40. The molecule has 152 valence electrons. The molecule has 0 atom stereocenters. The van der Waals surface area contributed by atoms with Crippen molar-refractivity contribution >= 4 is 48.2 Å². The summed E-state index contributed by atoms with van der Waals surface area (Å²) in [5.41, 5.74) is 7.33. The molecule has 3 N–H and O–H groups in total. The molecule has 3 aromatic rings. The first-order valence-corrected chi connectivity index (χ1v) is 11.3. The number of thiophene rings is 1. The predicted octanol–water partition coefficient (Wildman–Crippen LogP) is 3.91. The van der Waals surface area contributed by atoms with Gasteiger partial charge in [-0.15, -0.1) is 15.8 Å². The summed E-state index contributed by atoms with van der Waals surface area (Å²) in [6.45, 7) is 0. The molecule has 29 heavy (non-hydrogen) atoms. The van der Waals surface area contributed by atoms with E-state index in [1.54, 1.807) is 0 Å². The number of carbonyl (C=O) groups is 1. The number of carbonyl (C=O) groups excluding carboxylic acids is 1. The van der Waals surface area contributed by atoms with Crippen molar-refractivity contribution in [2.45, 2.75) is 11.3 Å². The van der Waals surface area contributed by atoms with Crippen molar-refractivity contribution in [2.24, 2.45) is 0 Å². The Balaban J connectivity index is 1.97.